The first kappa shape index (κ1) is 20.4. The third-order valence-corrected chi connectivity index (χ3v) is 5.86. The maximum absolute atomic E-state index is 12.7. The minimum Gasteiger partial charge on any atom is -0.491 e. The number of aliphatic hydroxyl groups is 1. The molecular weight excluding hydrogens is 350 g/mol. The molecule has 0 radical (unpaired) electrons. The summed E-state index contributed by atoms with van der Waals surface area (Å²) in [4.78, 5) is 14.6. The van der Waals surface area contributed by atoms with Crippen molar-refractivity contribution >= 4 is 5.91 Å². The van der Waals surface area contributed by atoms with Gasteiger partial charge in [0.2, 0.25) is 5.91 Å². The number of carbonyl (C=O) groups is 1. The highest BCUT2D eigenvalue weighted by Crippen LogP contribution is 2.25. The van der Waals surface area contributed by atoms with Crippen LogP contribution in [0.3, 0.4) is 0 Å². The molecule has 150 valence electrons. The molecular formula is C24H31NO3. The molecule has 1 fully saturated rings. The molecule has 1 aliphatic heterocycles. The van der Waals surface area contributed by atoms with Gasteiger partial charge in [-0.3, -0.25) is 4.79 Å². The van der Waals surface area contributed by atoms with Crippen molar-refractivity contribution in [3.63, 3.8) is 0 Å². The molecule has 4 nitrogen and oxygen atoms in total. The second kappa shape index (κ2) is 8.78. The topological polar surface area (TPSA) is 49.8 Å². The maximum atomic E-state index is 12.7. The van der Waals surface area contributed by atoms with E-state index >= 15 is 0 Å². The zero-order chi connectivity index (χ0) is 20.1. The van der Waals surface area contributed by atoms with Gasteiger partial charge in [-0.1, -0.05) is 30.3 Å². The summed E-state index contributed by atoms with van der Waals surface area (Å²) in [7, 11) is 0. The number of rotatable bonds is 5. The minimum absolute atomic E-state index is 0.133. The van der Waals surface area contributed by atoms with Crippen LogP contribution in [0.4, 0.5) is 0 Å². The van der Waals surface area contributed by atoms with Gasteiger partial charge in [0, 0.05) is 13.1 Å². The third-order valence-electron chi connectivity index (χ3n) is 5.86. The summed E-state index contributed by atoms with van der Waals surface area (Å²) in [5, 5.41) is 11.0. The van der Waals surface area contributed by atoms with Crippen molar-refractivity contribution in [1.82, 2.24) is 4.90 Å². The summed E-state index contributed by atoms with van der Waals surface area (Å²) in [5.74, 6) is 0.918. The molecule has 1 N–H and O–H groups in total. The van der Waals surface area contributed by atoms with E-state index in [1.807, 2.05) is 54.3 Å². The highest BCUT2D eigenvalue weighted by Gasteiger charge is 2.32. The summed E-state index contributed by atoms with van der Waals surface area (Å²) >= 11 is 0. The van der Waals surface area contributed by atoms with Crippen molar-refractivity contribution in [2.75, 3.05) is 19.7 Å². The summed E-state index contributed by atoms with van der Waals surface area (Å²) in [5.41, 5.74) is 3.73. The molecule has 28 heavy (non-hydrogen) atoms. The van der Waals surface area contributed by atoms with E-state index in [2.05, 4.69) is 13.8 Å². The van der Waals surface area contributed by atoms with Crippen molar-refractivity contribution in [3.05, 3.63) is 64.7 Å². The lowest BCUT2D eigenvalue weighted by Gasteiger charge is -2.27. The number of ether oxygens (including phenoxy) is 1. The Morgan fingerprint density at radius 1 is 1.04 bits per heavy atom. The summed E-state index contributed by atoms with van der Waals surface area (Å²) in [6, 6.07) is 14.0. The fourth-order valence-corrected chi connectivity index (χ4v) is 3.68. The van der Waals surface area contributed by atoms with E-state index in [0.29, 0.717) is 32.4 Å². The lowest BCUT2D eigenvalue weighted by Crippen LogP contribution is -2.38. The Morgan fingerprint density at radius 2 is 1.82 bits per heavy atom. The smallest absolute Gasteiger partial charge is 0.227 e. The third kappa shape index (κ3) is 5.14. The van der Waals surface area contributed by atoms with Crippen molar-refractivity contribution in [1.29, 1.82) is 0 Å². The quantitative estimate of drug-likeness (QED) is 0.852. The van der Waals surface area contributed by atoms with Crippen LogP contribution in [-0.2, 0) is 11.2 Å². The summed E-state index contributed by atoms with van der Waals surface area (Å²) in [6.45, 7) is 7.68. The van der Waals surface area contributed by atoms with E-state index in [9.17, 15) is 9.90 Å². The standard InChI is InChI=1S/C24H31NO3/c1-18-9-10-22(15-20(18)3)28-17-24(27)11-6-13-25(14-12-24)23(26)16-21-8-5-4-7-19(21)2/h4-5,7-10,15,27H,6,11-14,16-17H2,1-3H3. The van der Waals surface area contributed by atoms with E-state index in [1.54, 1.807) is 0 Å². The van der Waals surface area contributed by atoms with Crippen LogP contribution in [0.5, 0.6) is 5.75 Å². The van der Waals surface area contributed by atoms with Gasteiger partial charge in [-0.25, -0.2) is 0 Å². The Bertz CT molecular complexity index is 832. The van der Waals surface area contributed by atoms with Gasteiger partial charge in [-0.05, 0) is 74.4 Å². The van der Waals surface area contributed by atoms with Crippen LogP contribution < -0.4 is 4.74 Å². The molecule has 1 atom stereocenters. The van der Waals surface area contributed by atoms with Crippen LogP contribution in [0.25, 0.3) is 0 Å². The summed E-state index contributed by atoms with van der Waals surface area (Å²) in [6.07, 6.45) is 2.39. The number of hydrogen-bond donors (Lipinski definition) is 1. The zero-order valence-corrected chi connectivity index (χ0v) is 17.2. The fourth-order valence-electron chi connectivity index (χ4n) is 3.68. The number of benzene rings is 2. The molecule has 1 unspecified atom stereocenters. The van der Waals surface area contributed by atoms with Crippen molar-refractivity contribution in [2.24, 2.45) is 0 Å². The molecule has 0 saturated carbocycles. The Balaban J connectivity index is 1.56. The molecule has 1 amide bonds. The summed E-state index contributed by atoms with van der Waals surface area (Å²) < 4.78 is 5.89. The number of aryl methyl sites for hydroxylation is 3. The van der Waals surface area contributed by atoms with E-state index in [1.165, 1.54) is 11.1 Å². The van der Waals surface area contributed by atoms with Gasteiger partial charge in [0.1, 0.15) is 18.0 Å². The first-order chi connectivity index (χ1) is 13.4. The van der Waals surface area contributed by atoms with Crippen molar-refractivity contribution in [3.8, 4) is 5.75 Å². The number of likely N-dealkylation sites (tertiary alicyclic amines) is 1. The molecule has 0 bridgehead atoms. The van der Waals surface area contributed by atoms with Crippen LogP contribution in [0, 0.1) is 20.8 Å². The largest absolute Gasteiger partial charge is 0.491 e. The van der Waals surface area contributed by atoms with E-state index in [0.717, 1.165) is 23.3 Å². The lowest BCUT2D eigenvalue weighted by atomic mass is 9.96. The van der Waals surface area contributed by atoms with E-state index in [-0.39, 0.29) is 12.5 Å². The minimum atomic E-state index is -0.892. The van der Waals surface area contributed by atoms with E-state index in [4.69, 9.17) is 4.74 Å². The normalized spacial score (nSPS) is 19.9. The first-order valence-electron chi connectivity index (χ1n) is 10.1. The second-order valence-corrected chi connectivity index (χ2v) is 8.10. The maximum Gasteiger partial charge on any atom is 0.227 e. The SMILES string of the molecule is Cc1ccc(OCC2(O)CCCN(C(=O)Cc3ccccc3C)CC2)cc1C. The number of hydrogen-bond acceptors (Lipinski definition) is 3. The van der Waals surface area contributed by atoms with Gasteiger partial charge in [-0.15, -0.1) is 0 Å². The monoisotopic (exact) mass is 381 g/mol. The molecule has 3 rings (SSSR count). The molecule has 1 saturated heterocycles. The Morgan fingerprint density at radius 3 is 2.57 bits per heavy atom. The average molecular weight is 382 g/mol. The van der Waals surface area contributed by atoms with Gasteiger partial charge in [0.15, 0.2) is 0 Å². The van der Waals surface area contributed by atoms with Gasteiger partial charge in [0.25, 0.3) is 0 Å². The first-order valence-corrected chi connectivity index (χ1v) is 10.1. The van der Waals surface area contributed by atoms with Crippen LogP contribution >= 0.6 is 0 Å². The number of amides is 1. The predicted octanol–water partition coefficient (Wildman–Crippen LogP) is 3.98. The Hall–Kier alpha value is -2.33. The highest BCUT2D eigenvalue weighted by molar-refractivity contribution is 5.79. The molecule has 2 aromatic rings. The van der Waals surface area contributed by atoms with Crippen molar-refractivity contribution in [2.45, 2.75) is 52.1 Å². The zero-order valence-electron chi connectivity index (χ0n) is 17.2. The van der Waals surface area contributed by atoms with Gasteiger partial charge in [-0.2, -0.15) is 0 Å². The number of carbonyl (C=O) groups excluding carboxylic acids is 1. The van der Waals surface area contributed by atoms with Crippen LogP contribution in [0.15, 0.2) is 42.5 Å². The molecule has 1 heterocycles. The number of nitrogens with zero attached hydrogens (tertiary/aromatic N) is 1. The predicted molar refractivity (Wildman–Crippen MR) is 112 cm³/mol. The van der Waals surface area contributed by atoms with Crippen LogP contribution in [0.1, 0.15) is 41.5 Å². The second-order valence-electron chi connectivity index (χ2n) is 8.10. The molecule has 4 heteroatoms. The average Bonchev–Trinajstić information content (AvgIpc) is 2.87. The molecule has 2 aromatic carbocycles. The highest BCUT2D eigenvalue weighted by atomic mass is 16.5. The molecule has 1 aliphatic rings. The molecule has 0 aliphatic carbocycles. The van der Waals surface area contributed by atoms with Gasteiger partial charge in [0.05, 0.1) is 6.42 Å². The molecule has 0 aromatic heterocycles. The Kier molecular flexibility index (Phi) is 6.40. The molecule has 0 spiro atoms. The van der Waals surface area contributed by atoms with Gasteiger partial charge < -0.3 is 14.7 Å². The van der Waals surface area contributed by atoms with Crippen LogP contribution in [0.2, 0.25) is 0 Å². The Labute approximate surface area is 168 Å². The fraction of sp³-hybridized carbons (Fsp3) is 0.458. The van der Waals surface area contributed by atoms with Crippen LogP contribution in [-0.4, -0.2) is 41.2 Å². The van der Waals surface area contributed by atoms with Crippen molar-refractivity contribution < 1.29 is 14.6 Å². The van der Waals surface area contributed by atoms with Gasteiger partial charge >= 0.3 is 0 Å². The van der Waals surface area contributed by atoms with E-state index < -0.39 is 5.60 Å². The lowest BCUT2D eigenvalue weighted by molar-refractivity contribution is -0.130.